The molecular weight excluding hydrogens is 221 g/mol. The van der Waals surface area contributed by atoms with Crippen LogP contribution in [0.5, 0.6) is 0 Å². The Morgan fingerprint density at radius 1 is 1.41 bits per heavy atom. The van der Waals surface area contributed by atoms with Gasteiger partial charge in [-0.3, -0.25) is 4.90 Å². The fourth-order valence-corrected chi connectivity index (χ4v) is 1.47. The van der Waals surface area contributed by atoms with Gasteiger partial charge >= 0.3 is 6.03 Å². The highest BCUT2D eigenvalue weighted by atomic mass is 19.1. The Kier molecular flexibility index (Phi) is 4.90. The number of anilines is 1. The fourth-order valence-electron chi connectivity index (χ4n) is 1.47. The molecule has 0 unspecified atom stereocenters. The molecule has 0 atom stereocenters. The Morgan fingerprint density at radius 2 is 2.12 bits per heavy atom. The second kappa shape index (κ2) is 6.20. The van der Waals surface area contributed by atoms with Crippen molar-refractivity contribution in [3.8, 4) is 0 Å². The Labute approximate surface area is 101 Å². The summed E-state index contributed by atoms with van der Waals surface area (Å²) in [4.78, 5) is 14.9. The minimum Gasteiger partial charge on any atom is -0.330 e. The molecule has 0 heterocycles. The number of benzene rings is 1. The number of halogens is 1. The molecule has 0 aliphatic heterocycles. The fraction of sp³-hybridized carbons (Fsp3) is 0.417. The van der Waals surface area contributed by atoms with E-state index < -0.39 is 0 Å². The summed E-state index contributed by atoms with van der Waals surface area (Å²) in [6.07, 6.45) is 0.677. The number of nitrogens with two attached hydrogens (primary N) is 1. The van der Waals surface area contributed by atoms with E-state index in [4.69, 9.17) is 5.73 Å². The van der Waals surface area contributed by atoms with Crippen molar-refractivity contribution in [3.05, 3.63) is 30.1 Å². The SMILES string of the molecule is CN(C)C(=O)N(CCCN)c1cccc(F)c1. The van der Waals surface area contributed by atoms with Gasteiger partial charge in [0, 0.05) is 26.3 Å². The maximum atomic E-state index is 13.1. The molecule has 0 saturated carbocycles. The number of amides is 2. The van der Waals surface area contributed by atoms with E-state index in [2.05, 4.69) is 0 Å². The molecule has 0 fully saturated rings. The van der Waals surface area contributed by atoms with Gasteiger partial charge in [-0.25, -0.2) is 9.18 Å². The van der Waals surface area contributed by atoms with Crippen molar-refractivity contribution in [2.75, 3.05) is 32.1 Å². The molecule has 2 N–H and O–H groups in total. The van der Waals surface area contributed by atoms with E-state index in [1.807, 2.05) is 0 Å². The van der Waals surface area contributed by atoms with Crippen LogP contribution in [0.25, 0.3) is 0 Å². The third-order valence-electron chi connectivity index (χ3n) is 2.32. The summed E-state index contributed by atoms with van der Waals surface area (Å²) in [5.41, 5.74) is 5.99. The number of urea groups is 1. The normalized spacial score (nSPS) is 10.1. The van der Waals surface area contributed by atoms with Gasteiger partial charge in [0.2, 0.25) is 0 Å². The molecule has 0 bridgehead atoms. The van der Waals surface area contributed by atoms with E-state index in [0.29, 0.717) is 25.2 Å². The summed E-state index contributed by atoms with van der Waals surface area (Å²) in [5, 5.41) is 0. The lowest BCUT2D eigenvalue weighted by Crippen LogP contribution is -2.40. The molecule has 94 valence electrons. The Hall–Kier alpha value is -1.62. The van der Waals surface area contributed by atoms with Crippen LogP contribution >= 0.6 is 0 Å². The van der Waals surface area contributed by atoms with Crippen LogP contribution in [0, 0.1) is 5.82 Å². The lowest BCUT2D eigenvalue weighted by atomic mass is 10.2. The van der Waals surface area contributed by atoms with Crippen LogP contribution < -0.4 is 10.6 Å². The summed E-state index contributed by atoms with van der Waals surface area (Å²) in [6.45, 7) is 0.976. The summed E-state index contributed by atoms with van der Waals surface area (Å²) < 4.78 is 13.1. The van der Waals surface area contributed by atoms with E-state index in [9.17, 15) is 9.18 Å². The molecule has 5 heteroatoms. The van der Waals surface area contributed by atoms with E-state index >= 15 is 0 Å². The highest BCUT2D eigenvalue weighted by Gasteiger charge is 2.17. The van der Waals surface area contributed by atoms with Gasteiger partial charge in [0.25, 0.3) is 0 Å². The zero-order chi connectivity index (χ0) is 12.8. The molecule has 0 radical (unpaired) electrons. The molecule has 0 aliphatic carbocycles. The lowest BCUT2D eigenvalue weighted by molar-refractivity contribution is 0.223. The monoisotopic (exact) mass is 239 g/mol. The van der Waals surface area contributed by atoms with Crippen LogP contribution in [0.2, 0.25) is 0 Å². The smallest absolute Gasteiger partial charge is 0.323 e. The number of hydrogen-bond acceptors (Lipinski definition) is 2. The van der Waals surface area contributed by atoms with E-state index in [1.165, 1.54) is 21.9 Å². The third-order valence-corrected chi connectivity index (χ3v) is 2.32. The largest absolute Gasteiger partial charge is 0.330 e. The second-order valence-corrected chi connectivity index (χ2v) is 3.95. The first kappa shape index (κ1) is 13.4. The van der Waals surface area contributed by atoms with Gasteiger partial charge < -0.3 is 10.6 Å². The van der Waals surface area contributed by atoms with Crippen molar-refractivity contribution in [2.24, 2.45) is 5.73 Å². The third kappa shape index (κ3) is 3.71. The number of hydrogen-bond donors (Lipinski definition) is 1. The van der Waals surface area contributed by atoms with Crippen LogP contribution in [0.3, 0.4) is 0 Å². The van der Waals surface area contributed by atoms with Crippen molar-refractivity contribution in [1.29, 1.82) is 0 Å². The summed E-state index contributed by atoms with van der Waals surface area (Å²) in [5.74, 6) is -0.355. The summed E-state index contributed by atoms with van der Waals surface area (Å²) in [7, 11) is 3.33. The first-order valence-electron chi connectivity index (χ1n) is 5.50. The van der Waals surface area contributed by atoms with Crippen LogP contribution in [-0.2, 0) is 0 Å². The standard InChI is InChI=1S/C12H18FN3O/c1-15(2)12(17)16(8-4-7-14)11-6-3-5-10(13)9-11/h3,5-6,9H,4,7-8,14H2,1-2H3. The molecule has 0 aliphatic rings. The van der Waals surface area contributed by atoms with Crippen LogP contribution in [0.15, 0.2) is 24.3 Å². The molecule has 0 saturated heterocycles. The minimum absolute atomic E-state index is 0.177. The number of carbonyl (C=O) groups is 1. The van der Waals surface area contributed by atoms with Gasteiger partial charge in [-0.15, -0.1) is 0 Å². The average molecular weight is 239 g/mol. The molecule has 1 aromatic rings. The average Bonchev–Trinajstić information content (AvgIpc) is 2.29. The van der Waals surface area contributed by atoms with Crippen molar-refractivity contribution < 1.29 is 9.18 Å². The van der Waals surface area contributed by atoms with Crippen LogP contribution in [0.4, 0.5) is 14.9 Å². The minimum atomic E-state index is -0.355. The summed E-state index contributed by atoms with van der Waals surface area (Å²) >= 11 is 0. The van der Waals surface area contributed by atoms with Crippen molar-refractivity contribution in [3.63, 3.8) is 0 Å². The van der Waals surface area contributed by atoms with Crippen LogP contribution in [0.1, 0.15) is 6.42 Å². The van der Waals surface area contributed by atoms with Gasteiger partial charge in [0.15, 0.2) is 0 Å². The van der Waals surface area contributed by atoms with Gasteiger partial charge in [-0.05, 0) is 31.2 Å². The molecule has 1 rings (SSSR count). The van der Waals surface area contributed by atoms with Gasteiger partial charge in [0.1, 0.15) is 5.82 Å². The first-order chi connectivity index (χ1) is 8.06. The maximum Gasteiger partial charge on any atom is 0.323 e. The maximum absolute atomic E-state index is 13.1. The summed E-state index contributed by atoms with van der Waals surface area (Å²) in [6, 6.07) is 5.82. The number of nitrogens with zero attached hydrogens (tertiary/aromatic N) is 2. The molecule has 1 aromatic carbocycles. The zero-order valence-electron chi connectivity index (χ0n) is 10.2. The lowest BCUT2D eigenvalue weighted by Gasteiger charge is -2.26. The Balaban J connectivity index is 2.93. The van der Waals surface area contributed by atoms with Gasteiger partial charge in [-0.2, -0.15) is 0 Å². The number of rotatable bonds is 4. The predicted molar refractivity (Wildman–Crippen MR) is 66.5 cm³/mol. The molecule has 17 heavy (non-hydrogen) atoms. The van der Waals surface area contributed by atoms with E-state index in [-0.39, 0.29) is 11.8 Å². The zero-order valence-corrected chi connectivity index (χ0v) is 10.2. The molecular formula is C12H18FN3O. The van der Waals surface area contributed by atoms with Crippen molar-refractivity contribution in [2.45, 2.75) is 6.42 Å². The van der Waals surface area contributed by atoms with Gasteiger partial charge in [-0.1, -0.05) is 6.07 Å². The molecule has 4 nitrogen and oxygen atoms in total. The number of carbonyl (C=O) groups excluding carboxylic acids is 1. The highest BCUT2D eigenvalue weighted by Crippen LogP contribution is 2.17. The Morgan fingerprint density at radius 3 is 2.65 bits per heavy atom. The van der Waals surface area contributed by atoms with E-state index in [0.717, 1.165) is 0 Å². The predicted octanol–water partition coefficient (Wildman–Crippen LogP) is 1.66. The molecule has 2 amide bonds. The van der Waals surface area contributed by atoms with Crippen molar-refractivity contribution in [1.82, 2.24) is 4.90 Å². The first-order valence-corrected chi connectivity index (χ1v) is 5.50. The Bertz CT molecular complexity index is 382. The van der Waals surface area contributed by atoms with E-state index in [1.54, 1.807) is 26.2 Å². The second-order valence-electron chi connectivity index (χ2n) is 3.95. The van der Waals surface area contributed by atoms with Crippen molar-refractivity contribution >= 4 is 11.7 Å². The topological polar surface area (TPSA) is 49.6 Å². The quantitative estimate of drug-likeness (QED) is 0.868. The molecule has 0 aromatic heterocycles. The molecule has 0 spiro atoms. The highest BCUT2D eigenvalue weighted by molar-refractivity contribution is 5.91. The van der Waals surface area contributed by atoms with Crippen LogP contribution in [-0.4, -0.2) is 38.1 Å². The van der Waals surface area contributed by atoms with Gasteiger partial charge in [0.05, 0.1) is 0 Å².